The summed E-state index contributed by atoms with van der Waals surface area (Å²) in [5, 5.41) is 3.01. The normalized spacial score (nSPS) is 10.5. The number of rotatable bonds is 1. The molecule has 0 radical (unpaired) electrons. The largest absolute Gasteiger partial charge is 0.372 e. The Morgan fingerprint density at radius 2 is 2.33 bits per heavy atom. The molecule has 1 N–H and O–H groups in total. The topological polar surface area (TPSA) is 29.3 Å². The predicted molar refractivity (Wildman–Crippen MR) is 49.5 cm³/mol. The fourth-order valence-electron chi connectivity index (χ4n) is 1.27. The van der Waals surface area contributed by atoms with Crippen LogP contribution >= 0.6 is 0 Å². The molecule has 0 spiro atoms. The molecule has 0 atom stereocenters. The van der Waals surface area contributed by atoms with Gasteiger partial charge in [-0.25, -0.2) is 4.98 Å². The fraction of sp³-hybridized carbons (Fsp3) is 0.222. The molecular weight excluding hydrogens is 150 g/mol. The maximum atomic E-state index is 4.38. The molecule has 2 heterocycles. The van der Waals surface area contributed by atoms with E-state index in [9.17, 15) is 0 Å². The zero-order valence-corrected chi connectivity index (χ0v) is 7.20. The zero-order chi connectivity index (χ0) is 8.55. The number of imidazole rings is 1. The Labute approximate surface area is 71.0 Å². The summed E-state index contributed by atoms with van der Waals surface area (Å²) in [6.07, 6.45) is 3.97. The average Bonchev–Trinajstić information content (AvgIpc) is 2.49. The molecule has 0 fully saturated rings. The maximum absolute atomic E-state index is 4.38. The quantitative estimate of drug-likeness (QED) is 0.689. The van der Waals surface area contributed by atoms with Gasteiger partial charge in [-0.1, -0.05) is 6.07 Å². The van der Waals surface area contributed by atoms with Crippen molar-refractivity contribution in [2.45, 2.75) is 6.92 Å². The third-order valence-corrected chi connectivity index (χ3v) is 1.93. The highest BCUT2D eigenvalue weighted by Crippen LogP contribution is 2.11. The van der Waals surface area contributed by atoms with Crippen molar-refractivity contribution in [3.05, 3.63) is 30.1 Å². The summed E-state index contributed by atoms with van der Waals surface area (Å²) in [7, 11) is 1.87. The van der Waals surface area contributed by atoms with Crippen LogP contribution in [0.1, 0.15) is 5.56 Å². The van der Waals surface area contributed by atoms with Crippen LogP contribution in [0.5, 0.6) is 0 Å². The van der Waals surface area contributed by atoms with Crippen molar-refractivity contribution < 1.29 is 0 Å². The molecule has 12 heavy (non-hydrogen) atoms. The highest BCUT2D eigenvalue weighted by Gasteiger charge is 2.00. The minimum Gasteiger partial charge on any atom is -0.372 e. The molecule has 0 saturated heterocycles. The number of nitrogens with one attached hydrogen (secondary N) is 1. The van der Waals surface area contributed by atoms with Gasteiger partial charge >= 0.3 is 0 Å². The van der Waals surface area contributed by atoms with Gasteiger partial charge in [0.2, 0.25) is 0 Å². The van der Waals surface area contributed by atoms with Crippen molar-refractivity contribution in [2.24, 2.45) is 0 Å². The van der Waals surface area contributed by atoms with Crippen molar-refractivity contribution in [3.63, 3.8) is 0 Å². The molecule has 3 nitrogen and oxygen atoms in total. The number of hydrogen-bond acceptors (Lipinski definition) is 2. The molecule has 62 valence electrons. The lowest BCUT2D eigenvalue weighted by Gasteiger charge is -1.93. The lowest BCUT2D eigenvalue weighted by molar-refractivity contribution is 1.16. The van der Waals surface area contributed by atoms with Crippen LogP contribution in [0.3, 0.4) is 0 Å². The number of pyridine rings is 1. The first-order chi connectivity index (χ1) is 5.81. The van der Waals surface area contributed by atoms with E-state index in [1.54, 1.807) is 0 Å². The van der Waals surface area contributed by atoms with Gasteiger partial charge in [0.05, 0.1) is 6.20 Å². The van der Waals surface area contributed by atoms with Crippen LogP contribution in [0.25, 0.3) is 5.65 Å². The first kappa shape index (κ1) is 7.16. The first-order valence-electron chi connectivity index (χ1n) is 3.93. The monoisotopic (exact) mass is 161 g/mol. The van der Waals surface area contributed by atoms with Gasteiger partial charge in [-0.3, -0.25) is 0 Å². The summed E-state index contributed by atoms with van der Waals surface area (Å²) in [5.41, 5.74) is 2.21. The van der Waals surface area contributed by atoms with Crippen molar-refractivity contribution in [1.29, 1.82) is 0 Å². The van der Waals surface area contributed by atoms with E-state index in [-0.39, 0.29) is 0 Å². The van der Waals surface area contributed by atoms with E-state index in [1.165, 1.54) is 5.56 Å². The van der Waals surface area contributed by atoms with Gasteiger partial charge in [-0.05, 0) is 18.6 Å². The second-order valence-corrected chi connectivity index (χ2v) is 2.80. The summed E-state index contributed by atoms with van der Waals surface area (Å²) in [5.74, 6) is 0.907. The van der Waals surface area contributed by atoms with E-state index in [1.807, 2.05) is 29.9 Å². The summed E-state index contributed by atoms with van der Waals surface area (Å²) in [6, 6.07) is 4.07. The van der Waals surface area contributed by atoms with Crippen LogP contribution in [0, 0.1) is 6.92 Å². The SMILES string of the molecule is CNc1cn2cccc(C)c2n1. The van der Waals surface area contributed by atoms with Crippen molar-refractivity contribution in [1.82, 2.24) is 9.38 Å². The van der Waals surface area contributed by atoms with Gasteiger partial charge in [0.15, 0.2) is 0 Å². The Morgan fingerprint density at radius 3 is 3.00 bits per heavy atom. The molecule has 0 amide bonds. The molecule has 0 aliphatic rings. The Bertz CT molecular complexity index is 403. The molecule has 0 saturated carbocycles. The second kappa shape index (κ2) is 2.52. The van der Waals surface area contributed by atoms with Gasteiger partial charge in [0.25, 0.3) is 0 Å². The highest BCUT2D eigenvalue weighted by molar-refractivity contribution is 5.53. The lowest BCUT2D eigenvalue weighted by Crippen LogP contribution is -1.85. The van der Waals surface area contributed by atoms with Gasteiger partial charge in [0, 0.05) is 13.2 Å². The van der Waals surface area contributed by atoms with Crippen molar-refractivity contribution in [3.8, 4) is 0 Å². The smallest absolute Gasteiger partial charge is 0.145 e. The third-order valence-electron chi connectivity index (χ3n) is 1.93. The van der Waals surface area contributed by atoms with Crippen LogP contribution in [-0.2, 0) is 0 Å². The van der Waals surface area contributed by atoms with Crippen LogP contribution in [0.2, 0.25) is 0 Å². The van der Waals surface area contributed by atoms with Crippen LogP contribution in [-0.4, -0.2) is 16.4 Å². The Hall–Kier alpha value is -1.51. The molecule has 2 aromatic rings. The molecular formula is C9H11N3. The number of aryl methyl sites for hydroxylation is 1. The summed E-state index contributed by atoms with van der Waals surface area (Å²) in [4.78, 5) is 4.38. The number of aromatic nitrogens is 2. The number of nitrogens with zero attached hydrogens (tertiary/aromatic N) is 2. The lowest BCUT2D eigenvalue weighted by atomic mass is 10.3. The summed E-state index contributed by atoms with van der Waals surface area (Å²) >= 11 is 0. The van der Waals surface area contributed by atoms with E-state index < -0.39 is 0 Å². The van der Waals surface area contributed by atoms with Crippen molar-refractivity contribution in [2.75, 3.05) is 12.4 Å². The summed E-state index contributed by atoms with van der Waals surface area (Å²) < 4.78 is 2.02. The number of hydrogen-bond donors (Lipinski definition) is 1. The van der Waals surface area contributed by atoms with Gasteiger partial charge in [-0.2, -0.15) is 0 Å². The first-order valence-corrected chi connectivity index (χ1v) is 3.93. The zero-order valence-electron chi connectivity index (χ0n) is 7.20. The van der Waals surface area contributed by atoms with Crippen LogP contribution in [0.4, 0.5) is 5.82 Å². The molecule has 3 heteroatoms. The Kier molecular flexibility index (Phi) is 1.50. The Morgan fingerprint density at radius 1 is 1.50 bits per heavy atom. The van der Waals surface area contributed by atoms with Crippen molar-refractivity contribution >= 4 is 11.5 Å². The third kappa shape index (κ3) is 0.942. The molecule has 0 aliphatic heterocycles. The number of anilines is 1. The van der Waals surface area contributed by atoms with E-state index >= 15 is 0 Å². The van der Waals surface area contributed by atoms with E-state index in [2.05, 4.69) is 23.3 Å². The maximum Gasteiger partial charge on any atom is 0.145 e. The minimum absolute atomic E-state index is 0.907. The average molecular weight is 161 g/mol. The highest BCUT2D eigenvalue weighted by atomic mass is 15.1. The van der Waals surface area contributed by atoms with E-state index in [0.717, 1.165) is 11.5 Å². The van der Waals surface area contributed by atoms with Gasteiger partial charge < -0.3 is 9.72 Å². The molecule has 0 unspecified atom stereocenters. The van der Waals surface area contributed by atoms with Gasteiger partial charge in [-0.15, -0.1) is 0 Å². The molecule has 2 rings (SSSR count). The minimum atomic E-state index is 0.907. The predicted octanol–water partition coefficient (Wildman–Crippen LogP) is 1.68. The van der Waals surface area contributed by atoms with E-state index in [0.29, 0.717) is 0 Å². The van der Waals surface area contributed by atoms with Crippen LogP contribution < -0.4 is 5.32 Å². The molecule has 0 bridgehead atoms. The van der Waals surface area contributed by atoms with Gasteiger partial charge in [0.1, 0.15) is 11.5 Å². The van der Waals surface area contributed by atoms with E-state index in [4.69, 9.17) is 0 Å². The molecule has 0 aliphatic carbocycles. The summed E-state index contributed by atoms with van der Waals surface area (Å²) in [6.45, 7) is 2.06. The molecule has 0 aromatic carbocycles. The fourth-order valence-corrected chi connectivity index (χ4v) is 1.27. The Balaban J connectivity index is 2.74. The number of fused-ring (bicyclic) bond motifs is 1. The molecule has 2 aromatic heterocycles. The van der Waals surface area contributed by atoms with Crippen LogP contribution in [0.15, 0.2) is 24.5 Å². The second-order valence-electron chi connectivity index (χ2n) is 2.80. The standard InChI is InChI=1S/C9H11N3/c1-7-4-3-5-12-6-8(10-2)11-9(7)12/h3-6,10H,1-2H3.